The van der Waals surface area contributed by atoms with Crippen molar-refractivity contribution in [3.05, 3.63) is 11.3 Å². The summed E-state index contributed by atoms with van der Waals surface area (Å²) in [4.78, 5) is 20.2. The molecule has 0 saturated carbocycles. The Morgan fingerprint density at radius 3 is 2.87 bits per heavy atom. The van der Waals surface area contributed by atoms with Gasteiger partial charge in [-0.1, -0.05) is 11.8 Å². The van der Waals surface area contributed by atoms with E-state index < -0.39 is 0 Å². The Labute approximate surface area is 91.8 Å². The number of ketones is 1. The van der Waals surface area contributed by atoms with Gasteiger partial charge in [0.15, 0.2) is 16.8 Å². The number of nitrogen functional groups attached to an aromatic ring is 1. The molecule has 0 fully saturated rings. The third-order valence-electron chi connectivity index (χ3n) is 2.38. The van der Waals surface area contributed by atoms with Gasteiger partial charge >= 0.3 is 0 Å². The van der Waals surface area contributed by atoms with Gasteiger partial charge in [-0.3, -0.25) is 4.79 Å². The van der Waals surface area contributed by atoms with E-state index in [1.807, 2.05) is 6.26 Å². The number of anilines is 1. The van der Waals surface area contributed by atoms with Crippen molar-refractivity contribution >= 4 is 23.4 Å². The van der Waals surface area contributed by atoms with Crippen LogP contribution in [0.15, 0.2) is 5.16 Å². The number of aryl methyl sites for hydroxylation is 1. The van der Waals surface area contributed by atoms with E-state index in [4.69, 9.17) is 5.84 Å². The number of hydrogen-bond donors (Lipinski definition) is 2. The summed E-state index contributed by atoms with van der Waals surface area (Å²) in [6.07, 6.45) is 4.14. The number of thioether (sulfide) groups is 1. The molecule has 1 heterocycles. The largest absolute Gasteiger partial charge is 0.308 e. The summed E-state index contributed by atoms with van der Waals surface area (Å²) in [7, 11) is 0. The maximum absolute atomic E-state index is 11.7. The zero-order valence-corrected chi connectivity index (χ0v) is 9.23. The van der Waals surface area contributed by atoms with Crippen LogP contribution in [0.1, 0.15) is 28.9 Å². The van der Waals surface area contributed by atoms with E-state index in [0.717, 1.165) is 18.5 Å². The van der Waals surface area contributed by atoms with E-state index in [9.17, 15) is 4.79 Å². The first-order chi connectivity index (χ1) is 7.26. The molecular formula is C9H12N4OS. The first kappa shape index (κ1) is 10.4. The highest BCUT2D eigenvalue weighted by molar-refractivity contribution is 7.98. The lowest BCUT2D eigenvalue weighted by atomic mass is 9.95. The first-order valence-corrected chi connectivity index (χ1v) is 5.93. The van der Waals surface area contributed by atoms with Crippen LogP contribution in [0.2, 0.25) is 0 Å². The van der Waals surface area contributed by atoms with Gasteiger partial charge in [0.25, 0.3) is 0 Å². The molecule has 0 bridgehead atoms. The second-order valence-electron chi connectivity index (χ2n) is 3.30. The Bertz CT molecular complexity index is 390. The normalized spacial score (nSPS) is 14.9. The van der Waals surface area contributed by atoms with Gasteiger partial charge < -0.3 is 5.43 Å². The van der Waals surface area contributed by atoms with Gasteiger partial charge in [0.1, 0.15) is 0 Å². The molecule has 6 heteroatoms. The summed E-state index contributed by atoms with van der Waals surface area (Å²) in [5.74, 6) is 5.89. The molecule has 2 rings (SSSR count). The van der Waals surface area contributed by atoms with Crippen molar-refractivity contribution in [2.45, 2.75) is 24.4 Å². The second-order valence-corrected chi connectivity index (χ2v) is 4.08. The van der Waals surface area contributed by atoms with Crippen LogP contribution in [0.25, 0.3) is 0 Å². The number of rotatable bonds is 2. The molecule has 1 aromatic heterocycles. The van der Waals surface area contributed by atoms with Gasteiger partial charge in [0.2, 0.25) is 0 Å². The average molecular weight is 224 g/mol. The molecule has 1 aliphatic carbocycles. The molecule has 0 aromatic carbocycles. The molecular weight excluding hydrogens is 212 g/mol. The lowest BCUT2D eigenvalue weighted by molar-refractivity contribution is 0.0971. The van der Waals surface area contributed by atoms with E-state index in [-0.39, 0.29) is 5.78 Å². The van der Waals surface area contributed by atoms with Gasteiger partial charge in [0.05, 0.1) is 11.3 Å². The predicted molar refractivity (Wildman–Crippen MR) is 58.9 cm³/mol. The fourth-order valence-electron chi connectivity index (χ4n) is 1.70. The minimum atomic E-state index is 0.0804. The Kier molecular flexibility index (Phi) is 2.88. The molecule has 0 amide bonds. The van der Waals surface area contributed by atoms with Crippen molar-refractivity contribution in [2.24, 2.45) is 5.84 Å². The highest BCUT2D eigenvalue weighted by atomic mass is 32.2. The van der Waals surface area contributed by atoms with Crippen LogP contribution in [-0.4, -0.2) is 22.0 Å². The fourth-order valence-corrected chi connectivity index (χ4v) is 2.08. The van der Waals surface area contributed by atoms with Crippen molar-refractivity contribution in [2.75, 3.05) is 11.7 Å². The second kappa shape index (κ2) is 4.16. The van der Waals surface area contributed by atoms with Crippen LogP contribution in [0, 0.1) is 0 Å². The van der Waals surface area contributed by atoms with Crippen molar-refractivity contribution < 1.29 is 4.79 Å². The van der Waals surface area contributed by atoms with Crippen LogP contribution in [0.3, 0.4) is 0 Å². The van der Waals surface area contributed by atoms with Crippen LogP contribution in [0.4, 0.5) is 5.82 Å². The minimum absolute atomic E-state index is 0.0804. The minimum Gasteiger partial charge on any atom is -0.308 e. The molecule has 3 N–H and O–H groups in total. The van der Waals surface area contributed by atoms with E-state index in [2.05, 4.69) is 15.4 Å². The van der Waals surface area contributed by atoms with E-state index in [0.29, 0.717) is 23.0 Å². The molecule has 15 heavy (non-hydrogen) atoms. The summed E-state index contributed by atoms with van der Waals surface area (Å²) in [6.45, 7) is 0. The maximum atomic E-state index is 11.7. The first-order valence-electron chi connectivity index (χ1n) is 4.71. The standard InChI is InChI=1S/C9H12N4OS/c1-15-9-11-5-3-2-4-6(14)7(5)8(12-9)13-10/h2-4,10H2,1H3,(H,11,12,13). The monoisotopic (exact) mass is 224 g/mol. The highest BCUT2D eigenvalue weighted by Crippen LogP contribution is 2.26. The number of Topliss-reactive ketones (excluding diaryl/α,β-unsaturated/α-hetero) is 1. The quantitative estimate of drug-likeness (QED) is 0.337. The molecule has 5 nitrogen and oxygen atoms in total. The van der Waals surface area contributed by atoms with E-state index >= 15 is 0 Å². The third-order valence-corrected chi connectivity index (χ3v) is 2.93. The third kappa shape index (κ3) is 1.82. The van der Waals surface area contributed by atoms with Crippen molar-refractivity contribution in [1.82, 2.24) is 9.97 Å². The average Bonchev–Trinajstić information content (AvgIpc) is 2.27. The summed E-state index contributed by atoms with van der Waals surface area (Å²) in [5, 5.41) is 0.649. The Morgan fingerprint density at radius 1 is 1.40 bits per heavy atom. The molecule has 1 aliphatic rings. The number of nitrogens with zero attached hydrogens (tertiary/aromatic N) is 2. The number of hydrazine groups is 1. The number of nitrogens with one attached hydrogen (secondary N) is 1. The fraction of sp³-hybridized carbons (Fsp3) is 0.444. The number of fused-ring (bicyclic) bond motifs is 1. The number of aromatic nitrogens is 2. The zero-order chi connectivity index (χ0) is 10.8. The van der Waals surface area contributed by atoms with Gasteiger partial charge in [0, 0.05) is 6.42 Å². The molecule has 80 valence electrons. The Morgan fingerprint density at radius 2 is 2.20 bits per heavy atom. The van der Waals surface area contributed by atoms with Gasteiger partial charge in [-0.2, -0.15) is 0 Å². The van der Waals surface area contributed by atoms with Gasteiger partial charge in [-0.15, -0.1) is 0 Å². The summed E-state index contributed by atoms with van der Waals surface area (Å²) in [5.41, 5.74) is 3.86. The zero-order valence-electron chi connectivity index (χ0n) is 8.41. The van der Waals surface area contributed by atoms with Gasteiger partial charge in [-0.05, 0) is 19.1 Å². The Hall–Kier alpha value is -1.14. The molecule has 0 saturated heterocycles. The predicted octanol–water partition coefficient (Wildman–Crippen LogP) is 1.00. The summed E-state index contributed by atoms with van der Waals surface area (Å²) < 4.78 is 0. The van der Waals surface area contributed by atoms with Crippen LogP contribution < -0.4 is 11.3 Å². The summed E-state index contributed by atoms with van der Waals surface area (Å²) >= 11 is 1.44. The van der Waals surface area contributed by atoms with Crippen molar-refractivity contribution in [3.63, 3.8) is 0 Å². The van der Waals surface area contributed by atoms with Gasteiger partial charge in [-0.25, -0.2) is 15.8 Å². The Balaban J connectivity index is 2.57. The van der Waals surface area contributed by atoms with Crippen molar-refractivity contribution in [1.29, 1.82) is 0 Å². The molecule has 0 spiro atoms. The molecule has 0 aliphatic heterocycles. The number of hydrogen-bond acceptors (Lipinski definition) is 6. The molecule has 0 unspecified atom stereocenters. The molecule has 0 radical (unpaired) electrons. The number of carbonyl (C=O) groups is 1. The number of nitrogens with two attached hydrogens (primary N) is 1. The van der Waals surface area contributed by atoms with E-state index in [1.165, 1.54) is 11.8 Å². The molecule has 0 atom stereocenters. The smallest absolute Gasteiger partial charge is 0.189 e. The van der Waals surface area contributed by atoms with Crippen LogP contribution >= 0.6 is 11.8 Å². The van der Waals surface area contributed by atoms with Crippen LogP contribution in [0.5, 0.6) is 0 Å². The van der Waals surface area contributed by atoms with Crippen LogP contribution in [-0.2, 0) is 6.42 Å². The molecule has 1 aromatic rings. The lowest BCUT2D eigenvalue weighted by Crippen LogP contribution is -2.20. The topological polar surface area (TPSA) is 80.9 Å². The van der Waals surface area contributed by atoms with E-state index in [1.54, 1.807) is 0 Å². The summed E-state index contributed by atoms with van der Waals surface area (Å²) in [6, 6.07) is 0. The lowest BCUT2D eigenvalue weighted by Gasteiger charge is -2.16. The maximum Gasteiger partial charge on any atom is 0.189 e. The highest BCUT2D eigenvalue weighted by Gasteiger charge is 2.23. The van der Waals surface area contributed by atoms with Crippen molar-refractivity contribution in [3.8, 4) is 0 Å². The number of carbonyl (C=O) groups excluding carboxylic acids is 1. The SMILES string of the molecule is CSc1nc2c(c(NN)n1)C(=O)CCC2.